The third kappa shape index (κ3) is 5.57. The van der Waals surface area contributed by atoms with Crippen LogP contribution in [0.25, 0.3) is 6.08 Å². The van der Waals surface area contributed by atoms with Gasteiger partial charge in [0.15, 0.2) is 0 Å². The van der Waals surface area contributed by atoms with Crippen molar-refractivity contribution in [2.75, 3.05) is 19.7 Å². The molecule has 0 aliphatic heterocycles. The van der Waals surface area contributed by atoms with Crippen molar-refractivity contribution in [2.45, 2.75) is 13.8 Å². The lowest BCUT2D eigenvalue weighted by molar-refractivity contribution is -0.147. The lowest BCUT2D eigenvalue weighted by Gasteiger charge is -2.17. The number of carbonyl (C=O) groups excluding carboxylic acids is 2. The molecule has 4 nitrogen and oxygen atoms in total. The van der Waals surface area contributed by atoms with Crippen LogP contribution in [0.1, 0.15) is 18.7 Å². The molecule has 1 aromatic heterocycles. The Morgan fingerprint density at radius 1 is 1.42 bits per heavy atom. The molecule has 0 N–H and O–H groups in total. The van der Waals surface area contributed by atoms with Gasteiger partial charge in [-0.05, 0) is 48.0 Å². The monoisotopic (exact) mass is 345 g/mol. The minimum Gasteiger partial charge on any atom is -0.465 e. The van der Waals surface area contributed by atoms with E-state index in [1.165, 1.54) is 22.3 Å². The molecule has 0 spiro atoms. The fourth-order valence-corrected chi connectivity index (χ4v) is 2.71. The van der Waals surface area contributed by atoms with Gasteiger partial charge >= 0.3 is 5.97 Å². The lowest BCUT2D eigenvalue weighted by Crippen LogP contribution is -2.35. The Morgan fingerprint density at radius 2 is 2.16 bits per heavy atom. The first-order valence-corrected chi connectivity index (χ1v) is 7.55. The second kappa shape index (κ2) is 8.12. The molecule has 0 saturated carbocycles. The number of halogens is 1. The Bertz CT molecular complexity index is 470. The fraction of sp³-hybridized carbons (Fsp3) is 0.385. The van der Waals surface area contributed by atoms with Crippen LogP contribution >= 0.6 is 27.3 Å². The van der Waals surface area contributed by atoms with E-state index in [0.29, 0.717) is 13.2 Å². The molecule has 0 aromatic carbocycles. The molecule has 1 aromatic rings. The lowest BCUT2D eigenvalue weighted by atomic mass is 10.3. The molecular formula is C13H16BrNO3S. The molecule has 1 rings (SSSR count). The van der Waals surface area contributed by atoms with E-state index < -0.39 is 0 Å². The average molecular weight is 346 g/mol. The number of carbonyl (C=O) groups is 2. The van der Waals surface area contributed by atoms with Gasteiger partial charge in [-0.25, -0.2) is 0 Å². The first-order valence-electron chi connectivity index (χ1n) is 5.94. The van der Waals surface area contributed by atoms with E-state index >= 15 is 0 Å². The molecule has 19 heavy (non-hydrogen) atoms. The van der Waals surface area contributed by atoms with Crippen LogP contribution in [-0.2, 0) is 14.3 Å². The van der Waals surface area contributed by atoms with Gasteiger partial charge in [-0.1, -0.05) is 0 Å². The van der Waals surface area contributed by atoms with Crippen molar-refractivity contribution >= 4 is 45.2 Å². The molecule has 0 unspecified atom stereocenters. The number of esters is 1. The molecule has 0 atom stereocenters. The van der Waals surface area contributed by atoms with Gasteiger partial charge in [-0.3, -0.25) is 9.59 Å². The Balaban J connectivity index is 2.58. The predicted molar refractivity (Wildman–Crippen MR) is 79.9 cm³/mol. The number of amides is 1. The zero-order chi connectivity index (χ0) is 14.3. The Morgan fingerprint density at radius 3 is 2.68 bits per heavy atom. The highest BCUT2D eigenvalue weighted by atomic mass is 79.9. The first kappa shape index (κ1) is 15.9. The topological polar surface area (TPSA) is 46.6 Å². The molecule has 104 valence electrons. The van der Waals surface area contributed by atoms with E-state index in [0.717, 1.165) is 8.66 Å². The second-order valence-electron chi connectivity index (χ2n) is 3.63. The number of hydrogen-bond donors (Lipinski definition) is 0. The number of thiophene rings is 1. The van der Waals surface area contributed by atoms with E-state index in [4.69, 9.17) is 4.74 Å². The summed E-state index contributed by atoms with van der Waals surface area (Å²) in [6.45, 7) is 4.35. The van der Waals surface area contributed by atoms with Crippen LogP contribution in [0.3, 0.4) is 0 Å². The molecule has 0 radical (unpaired) electrons. The van der Waals surface area contributed by atoms with Gasteiger partial charge in [-0.2, -0.15) is 0 Å². The fourth-order valence-electron chi connectivity index (χ4n) is 1.38. The van der Waals surface area contributed by atoms with Crippen LogP contribution < -0.4 is 0 Å². The van der Waals surface area contributed by atoms with Crippen LogP contribution in [0, 0.1) is 0 Å². The summed E-state index contributed by atoms with van der Waals surface area (Å²) in [5.41, 5.74) is 0. The smallest absolute Gasteiger partial charge is 0.325 e. The molecule has 0 aliphatic rings. The third-order valence-electron chi connectivity index (χ3n) is 2.30. The zero-order valence-electron chi connectivity index (χ0n) is 10.9. The van der Waals surface area contributed by atoms with Gasteiger partial charge < -0.3 is 9.64 Å². The van der Waals surface area contributed by atoms with Crippen molar-refractivity contribution in [1.29, 1.82) is 0 Å². The number of rotatable bonds is 6. The maximum absolute atomic E-state index is 11.9. The second-order valence-corrected chi connectivity index (χ2v) is 6.13. The highest BCUT2D eigenvalue weighted by Gasteiger charge is 2.13. The quantitative estimate of drug-likeness (QED) is 0.588. The van der Waals surface area contributed by atoms with Gasteiger partial charge in [0.2, 0.25) is 5.91 Å². The van der Waals surface area contributed by atoms with Gasteiger partial charge in [0.25, 0.3) is 0 Å². The summed E-state index contributed by atoms with van der Waals surface area (Å²) in [5, 5.41) is 0. The van der Waals surface area contributed by atoms with E-state index in [1.807, 2.05) is 19.1 Å². The number of likely N-dealkylation sites (N-methyl/N-ethyl adjacent to an activating group) is 1. The maximum atomic E-state index is 11.9. The van der Waals surface area contributed by atoms with Crippen LogP contribution in [0.4, 0.5) is 0 Å². The van der Waals surface area contributed by atoms with Crippen molar-refractivity contribution in [2.24, 2.45) is 0 Å². The average Bonchev–Trinajstić information content (AvgIpc) is 2.79. The minimum atomic E-state index is -0.384. The summed E-state index contributed by atoms with van der Waals surface area (Å²) in [4.78, 5) is 25.7. The summed E-state index contributed by atoms with van der Waals surface area (Å²) in [6.07, 6.45) is 3.21. The Kier molecular flexibility index (Phi) is 6.80. The standard InChI is InChI=1S/C13H16BrNO3S/c1-3-15(9-13(17)18-4-2)12(16)8-6-10-5-7-11(14)19-10/h5-8H,3-4,9H2,1-2H3/b8-6+. The summed E-state index contributed by atoms with van der Waals surface area (Å²) in [7, 11) is 0. The molecule has 1 amide bonds. The Labute approximate surface area is 125 Å². The van der Waals surface area contributed by atoms with Crippen LogP contribution in [0.15, 0.2) is 22.0 Å². The van der Waals surface area contributed by atoms with E-state index in [-0.39, 0.29) is 18.4 Å². The number of ether oxygens (including phenoxy) is 1. The number of nitrogens with zero attached hydrogens (tertiary/aromatic N) is 1. The van der Waals surface area contributed by atoms with Crippen LogP contribution in [-0.4, -0.2) is 36.5 Å². The largest absolute Gasteiger partial charge is 0.465 e. The summed E-state index contributed by atoms with van der Waals surface area (Å²) in [6, 6.07) is 3.84. The van der Waals surface area contributed by atoms with Crippen molar-refractivity contribution in [3.8, 4) is 0 Å². The summed E-state index contributed by atoms with van der Waals surface area (Å²) >= 11 is 4.90. The first-order chi connectivity index (χ1) is 9.06. The molecule has 0 aliphatic carbocycles. The van der Waals surface area contributed by atoms with E-state index in [2.05, 4.69) is 15.9 Å². The molecule has 6 heteroatoms. The van der Waals surface area contributed by atoms with Crippen molar-refractivity contribution in [3.05, 3.63) is 26.9 Å². The SMILES string of the molecule is CCOC(=O)CN(CC)C(=O)/C=C/c1ccc(Br)s1. The summed E-state index contributed by atoms with van der Waals surface area (Å²) < 4.78 is 5.84. The van der Waals surface area contributed by atoms with Gasteiger partial charge in [-0.15, -0.1) is 11.3 Å². The van der Waals surface area contributed by atoms with Crippen molar-refractivity contribution in [1.82, 2.24) is 4.90 Å². The normalized spacial score (nSPS) is 10.7. The molecule has 0 bridgehead atoms. The van der Waals surface area contributed by atoms with Gasteiger partial charge in [0.05, 0.1) is 10.4 Å². The minimum absolute atomic E-state index is 0.0123. The highest BCUT2D eigenvalue weighted by molar-refractivity contribution is 9.11. The molecule has 0 fully saturated rings. The molecular weight excluding hydrogens is 330 g/mol. The van der Waals surface area contributed by atoms with Crippen LogP contribution in [0.5, 0.6) is 0 Å². The molecule has 1 heterocycles. The van der Waals surface area contributed by atoms with Crippen molar-refractivity contribution in [3.63, 3.8) is 0 Å². The number of hydrogen-bond acceptors (Lipinski definition) is 4. The molecule has 0 saturated heterocycles. The zero-order valence-corrected chi connectivity index (χ0v) is 13.3. The highest BCUT2D eigenvalue weighted by Crippen LogP contribution is 2.22. The predicted octanol–water partition coefficient (Wildman–Crippen LogP) is 2.94. The van der Waals surface area contributed by atoms with Crippen LogP contribution in [0.2, 0.25) is 0 Å². The maximum Gasteiger partial charge on any atom is 0.325 e. The van der Waals surface area contributed by atoms with E-state index in [9.17, 15) is 9.59 Å². The van der Waals surface area contributed by atoms with Gasteiger partial charge in [0, 0.05) is 17.5 Å². The third-order valence-corrected chi connectivity index (χ3v) is 3.89. The Hall–Kier alpha value is -1.14. The van der Waals surface area contributed by atoms with E-state index in [1.54, 1.807) is 13.0 Å². The summed E-state index contributed by atoms with van der Waals surface area (Å²) in [5.74, 6) is -0.579. The van der Waals surface area contributed by atoms with Crippen molar-refractivity contribution < 1.29 is 14.3 Å². The van der Waals surface area contributed by atoms with Gasteiger partial charge in [0.1, 0.15) is 6.54 Å².